The number of aromatic nitrogens is 1. The van der Waals surface area contributed by atoms with Crippen LogP contribution >= 0.6 is 0 Å². The Labute approximate surface area is 185 Å². The van der Waals surface area contributed by atoms with Crippen LogP contribution in [0, 0.1) is 5.82 Å². The normalized spacial score (nSPS) is 14.1. The van der Waals surface area contributed by atoms with E-state index in [9.17, 15) is 35.9 Å². The molecule has 0 saturated heterocycles. The molecular weight excluding hydrogens is 466 g/mol. The van der Waals surface area contributed by atoms with Gasteiger partial charge in [-0.2, -0.15) is 13.2 Å². The molecule has 7 nitrogen and oxygen atoms in total. The molecular formula is C21H17F4N3O4S. The van der Waals surface area contributed by atoms with Crippen LogP contribution < -0.4 is 4.31 Å². The smallest absolute Gasteiger partial charge is 0.404 e. The summed E-state index contributed by atoms with van der Waals surface area (Å²) < 4.78 is 77.6. The van der Waals surface area contributed by atoms with Crippen LogP contribution in [-0.4, -0.2) is 48.3 Å². The predicted octanol–water partition coefficient (Wildman–Crippen LogP) is 3.56. The molecule has 174 valence electrons. The van der Waals surface area contributed by atoms with Crippen molar-refractivity contribution in [1.82, 2.24) is 9.88 Å². The molecule has 2 aromatic carbocycles. The molecule has 0 spiro atoms. The van der Waals surface area contributed by atoms with Crippen molar-refractivity contribution in [3.05, 3.63) is 65.1 Å². The van der Waals surface area contributed by atoms with E-state index in [1.807, 2.05) is 0 Å². The number of phenols is 1. The number of nitrogens with zero attached hydrogens (tertiary/aromatic N) is 3. The van der Waals surface area contributed by atoms with Gasteiger partial charge in [-0.05, 0) is 29.8 Å². The highest BCUT2D eigenvalue weighted by Crippen LogP contribution is 2.44. The molecule has 0 aliphatic carbocycles. The van der Waals surface area contributed by atoms with Crippen molar-refractivity contribution in [3.8, 4) is 5.75 Å². The number of phenolic OH excluding ortho intramolecular Hbond substituents is 1. The largest absolute Gasteiger partial charge is 0.505 e. The Hall–Kier alpha value is -3.41. The number of rotatable bonds is 5. The first-order chi connectivity index (χ1) is 15.4. The van der Waals surface area contributed by atoms with Gasteiger partial charge in [-0.1, -0.05) is 12.1 Å². The number of carbonyl (C=O) groups is 1. The van der Waals surface area contributed by atoms with Gasteiger partial charge in [0.05, 0.1) is 11.3 Å². The number of amides is 1. The molecule has 12 heteroatoms. The summed E-state index contributed by atoms with van der Waals surface area (Å²) in [7, 11) is -3.90. The lowest BCUT2D eigenvalue weighted by Crippen LogP contribution is -2.36. The van der Waals surface area contributed by atoms with Crippen LogP contribution in [0.2, 0.25) is 0 Å². The highest BCUT2D eigenvalue weighted by atomic mass is 32.2. The van der Waals surface area contributed by atoms with E-state index in [-0.39, 0.29) is 40.8 Å². The number of aromatic hydroxyl groups is 1. The topological polar surface area (TPSA) is 90.8 Å². The average molecular weight is 483 g/mol. The summed E-state index contributed by atoms with van der Waals surface area (Å²) in [6.07, 6.45) is -3.68. The summed E-state index contributed by atoms with van der Waals surface area (Å²) in [5, 5.41) is 10.8. The lowest BCUT2D eigenvalue weighted by molar-refractivity contribution is -0.106. The van der Waals surface area contributed by atoms with Crippen molar-refractivity contribution in [2.75, 3.05) is 17.1 Å². The number of sulfonamides is 1. The Bertz CT molecular complexity index is 1360. The van der Waals surface area contributed by atoms with Crippen LogP contribution in [0.4, 0.5) is 23.2 Å². The third kappa shape index (κ3) is 4.17. The lowest BCUT2D eigenvalue weighted by atomic mass is 10.0. The number of anilines is 1. The molecule has 33 heavy (non-hydrogen) atoms. The zero-order chi connectivity index (χ0) is 24.1. The first kappa shape index (κ1) is 22.8. The van der Waals surface area contributed by atoms with Crippen LogP contribution in [-0.2, 0) is 23.1 Å². The van der Waals surface area contributed by atoms with Crippen molar-refractivity contribution in [3.63, 3.8) is 0 Å². The quantitative estimate of drug-likeness (QED) is 0.561. The number of pyridine rings is 1. The van der Waals surface area contributed by atoms with Crippen LogP contribution in [0.25, 0.3) is 10.9 Å². The van der Waals surface area contributed by atoms with Crippen LogP contribution in [0.3, 0.4) is 0 Å². The number of alkyl halides is 3. The number of halogens is 4. The Kier molecular flexibility index (Phi) is 5.43. The molecule has 1 aliphatic heterocycles. The summed E-state index contributed by atoms with van der Waals surface area (Å²) >= 11 is 0. The minimum atomic E-state index is -4.98. The first-order valence-electron chi connectivity index (χ1n) is 9.58. The Morgan fingerprint density at radius 2 is 1.85 bits per heavy atom. The van der Waals surface area contributed by atoms with Crippen molar-refractivity contribution in [2.45, 2.75) is 19.3 Å². The SMILES string of the molecule is CN(c1c2c(c(O)c3ncccc13)C(=O)N(Cc1ccc(F)cc1)C2)S(=O)(=O)CC(F)(F)F. The lowest BCUT2D eigenvalue weighted by Gasteiger charge is -2.24. The van der Waals surface area contributed by atoms with E-state index in [1.165, 1.54) is 47.5 Å². The molecule has 1 aromatic heterocycles. The minimum Gasteiger partial charge on any atom is -0.505 e. The number of carbonyl (C=O) groups excluding carboxylic acids is 1. The molecule has 0 bridgehead atoms. The first-order valence-corrected chi connectivity index (χ1v) is 11.2. The molecule has 2 heterocycles. The van der Waals surface area contributed by atoms with Crippen molar-refractivity contribution in [2.24, 2.45) is 0 Å². The summed E-state index contributed by atoms with van der Waals surface area (Å²) in [5.41, 5.74) is 0.127. The van der Waals surface area contributed by atoms with Gasteiger partial charge in [-0.25, -0.2) is 12.8 Å². The van der Waals surface area contributed by atoms with E-state index in [0.29, 0.717) is 9.87 Å². The third-order valence-corrected chi connectivity index (χ3v) is 7.04. The average Bonchev–Trinajstić information content (AvgIpc) is 3.04. The molecule has 1 aliphatic rings. The van der Waals surface area contributed by atoms with E-state index >= 15 is 0 Å². The number of hydrogen-bond acceptors (Lipinski definition) is 5. The Morgan fingerprint density at radius 1 is 1.18 bits per heavy atom. The van der Waals surface area contributed by atoms with E-state index in [0.717, 1.165) is 7.05 Å². The van der Waals surface area contributed by atoms with Gasteiger partial charge in [0, 0.05) is 37.3 Å². The zero-order valence-electron chi connectivity index (χ0n) is 17.1. The molecule has 1 N–H and O–H groups in total. The standard InChI is InChI=1S/C21H17F4N3O4S/c1-27(33(31,32)11-21(23,24)25)18-14-3-2-8-26-17(14)19(29)16-15(18)10-28(20(16)30)9-12-4-6-13(22)7-5-12/h2-8,29H,9-11H2,1H3. The highest BCUT2D eigenvalue weighted by molar-refractivity contribution is 7.92. The fourth-order valence-corrected chi connectivity index (χ4v) is 4.97. The fourth-order valence-electron chi connectivity index (χ4n) is 3.87. The van der Waals surface area contributed by atoms with Crippen molar-refractivity contribution in [1.29, 1.82) is 0 Å². The van der Waals surface area contributed by atoms with Gasteiger partial charge in [0.2, 0.25) is 10.0 Å². The molecule has 1 amide bonds. The van der Waals surface area contributed by atoms with Gasteiger partial charge in [0.1, 0.15) is 11.3 Å². The molecule has 0 unspecified atom stereocenters. The molecule has 0 fully saturated rings. The molecule has 3 aromatic rings. The second-order valence-corrected chi connectivity index (χ2v) is 9.58. The van der Waals surface area contributed by atoms with Gasteiger partial charge in [-0.3, -0.25) is 14.1 Å². The van der Waals surface area contributed by atoms with Crippen LogP contribution in [0.1, 0.15) is 21.5 Å². The summed E-state index contributed by atoms with van der Waals surface area (Å²) in [5.74, 6) is -3.70. The van der Waals surface area contributed by atoms with Crippen LogP contribution in [0.15, 0.2) is 42.6 Å². The summed E-state index contributed by atoms with van der Waals surface area (Å²) in [4.78, 5) is 18.4. The maximum absolute atomic E-state index is 13.2. The van der Waals surface area contributed by atoms with Crippen LogP contribution in [0.5, 0.6) is 5.75 Å². The second-order valence-electron chi connectivity index (χ2n) is 7.58. The molecule has 0 radical (unpaired) electrons. The van der Waals surface area contributed by atoms with Gasteiger partial charge in [0.25, 0.3) is 5.91 Å². The van der Waals surface area contributed by atoms with E-state index in [1.54, 1.807) is 0 Å². The zero-order valence-corrected chi connectivity index (χ0v) is 17.9. The van der Waals surface area contributed by atoms with E-state index in [4.69, 9.17) is 0 Å². The van der Waals surface area contributed by atoms with E-state index < -0.39 is 39.4 Å². The monoisotopic (exact) mass is 483 g/mol. The number of fused-ring (bicyclic) bond motifs is 2. The second kappa shape index (κ2) is 7.87. The highest BCUT2D eigenvalue weighted by Gasteiger charge is 2.41. The fraction of sp³-hybridized carbons (Fsp3) is 0.238. The third-order valence-electron chi connectivity index (χ3n) is 5.33. The molecule has 0 atom stereocenters. The van der Waals surface area contributed by atoms with Gasteiger partial charge in [-0.15, -0.1) is 0 Å². The van der Waals surface area contributed by atoms with Gasteiger partial charge >= 0.3 is 6.18 Å². The van der Waals surface area contributed by atoms with Gasteiger partial charge in [0.15, 0.2) is 11.5 Å². The van der Waals surface area contributed by atoms with Crippen molar-refractivity contribution >= 4 is 32.5 Å². The predicted molar refractivity (Wildman–Crippen MR) is 112 cm³/mol. The van der Waals surface area contributed by atoms with E-state index in [2.05, 4.69) is 4.98 Å². The maximum atomic E-state index is 13.2. The Balaban J connectivity index is 1.86. The summed E-state index contributed by atoms with van der Waals surface area (Å²) in [6, 6.07) is 8.19. The Morgan fingerprint density at radius 3 is 2.48 bits per heavy atom. The molecule has 0 saturated carbocycles. The maximum Gasteiger partial charge on any atom is 0.404 e. The number of hydrogen-bond donors (Lipinski definition) is 1. The summed E-state index contributed by atoms with van der Waals surface area (Å²) in [6.45, 7) is -0.166. The number of benzene rings is 2. The van der Waals surface area contributed by atoms with Crippen molar-refractivity contribution < 1.29 is 35.9 Å². The van der Waals surface area contributed by atoms with Gasteiger partial charge < -0.3 is 10.0 Å². The minimum absolute atomic E-state index is 0.00939. The molecule has 4 rings (SSSR count).